The second kappa shape index (κ2) is 10.6. The quantitative estimate of drug-likeness (QED) is 0.477. The largest absolute Gasteiger partial charge is 0.497 e. The summed E-state index contributed by atoms with van der Waals surface area (Å²) in [4.78, 5) is 0. The van der Waals surface area contributed by atoms with Crippen molar-refractivity contribution in [3.05, 3.63) is 76.9 Å². The first-order valence-electron chi connectivity index (χ1n) is 10.0. The molecule has 0 aromatic heterocycles. The fourth-order valence-electron chi connectivity index (χ4n) is 3.39. The van der Waals surface area contributed by atoms with Crippen molar-refractivity contribution in [2.75, 3.05) is 35.5 Å². The van der Waals surface area contributed by atoms with Gasteiger partial charge in [0, 0.05) is 17.7 Å². The second-order valence-corrected chi connectivity index (χ2v) is 6.99. The summed E-state index contributed by atoms with van der Waals surface area (Å²) in [6.07, 6.45) is 2.88. The van der Waals surface area contributed by atoms with Crippen molar-refractivity contribution in [3.63, 3.8) is 0 Å². The van der Waals surface area contributed by atoms with Crippen LogP contribution >= 0.6 is 0 Å². The van der Waals surface area contributed by atoms with Gasteiger partial charge in [-0.2, -0.15) is 0 Å². The Morgan fingerprint density at radius 1 is 0.625 bits per heavy atom. The average Bonchev–Trinajstić information content (AvgIpc) is 2.86. The normalized spacial score (nSPS) is 11.8. The molecule has 0 aliphatic heterocycles. The molecule has 3 rings (SSSR count). The molecular formula is C26H28O6. The summed E-state index contributed by atoms with van der Waals surface area (Å²) >= 11 is 0. The van der Waals surface area contributed by atoms with Crippen LogP contribution in [0.25, 0.3) is 12.2 Å². The van der Waals surface area contributed by atoms with E-state index in [4.69, 9.17) is 23.7 Å². The van der Waals surface area contributed by atoms with Gasteiger partial charge in [-0.3, -0.25) is 0 Å². The van der Waals surface area contributed by atoms with E-state index < -0.39 is 6.10 Å². The van der Waals surface area contributed by atoms with Gasteiger partial charge in [0.15, 0.2) is 0 Å². The van der Waals surface area contributed by atoms with Crippen molar-refractivity contribution in [3.8, 4) is 28.7 Å². The average molecular weight is 437 g/mol. The predicted molar refractivity (Wildman–Crippen MR) is 125 cm³/mol. The van der Waals surface area contributed by atoms with Crippen molar-refractivity contribution in [2.24, 2.45) is 0 Å². The molecule has 0 aliphatic carbocycles. The van der Waals surface area contributed by atoms with E-state index in [9.17, 15) is 5.11 Å². The SMILES string of the molecule is COc1ccc(C=Cc2cc(OC)cc(OC)c2C(O)c2cc(OC)cc(OC)c2)cc1. The summed E-state index contributed by atoms with van der Waals surface area (Å²) in [6, 6.07) is 16.6. The van der Waals surface area contributed by atoms with Crippen LogP contribution in [0.1, 0.15) is 28.4 Å². The number of aliphatic hydroxyl groups is 1. The number of ether oxygens (including phenoxy) is 5. The molecule has 0 heterocycles. The van der Waals surface area contributed by atoms with Gasteiger partial charge in [-0.1, -0.05) is 24.3 Å². The van der Waals surface area contributed by atoms with Gasteiger partial charge in [0.1, 0.15) is 34.9 Å². The van der Waals surface area contributed by atoms with Crippen LogP contribution in [0.4, 0.5) is 0 Å². The van der Waals surface area contributed by atoms with Gasteiger partial charge in [0.25, 0.3) is 0 Å². The Bertz CT molecular complexity index is 1050. The Morgan fingerprint density at radius 3 is 1.72 bits per heavy atom. The molecule has 0 amide bonds. The lowest BCUT2D eigenvalue weighted by Gasteiger charge is -2.20. The van der Waals surface area contributed by atoms with E-state index in [1.165, 1.54) is 0 Å². The first-order chi connectivity index (χ1) is 15.5. The van der Waals surface area contributed by atoms with Crippen LogP contribution in [0, 0.1) is 0 Å². The van der Waals surface area contributed by atoms with Gasteiger partial charge >= 0.3 is 0 Å². The summed E-state index contributed by atoms with van der Waals surface area (Å²) in [7, 11) is 7.93. The first kappa shape index (κ1) is 23.0. The highest BCUT2D eigenvalue weighted by Gasteiger charge is 2.22. The molecule has 168 valence electrons. The van der Waals surface area contributed by atoms with E-state index in [1.54, 1.807) is 59.8 Å². The van der Waals surface area contributed by atoms with E-state index in [1.807, 2.05) is 42.5 Å². The molecule has 6 heteroatoms. The second-order valence-electron chi connectivity index (χ2n) is 6.99. The number of hydrogen-bond acceptors (Lipinski definition) is 6. The fourth-order valence-corrected chi connectivity index (χ4v) is 3.39. The van der Waals surface area contributed by atoms with Crippen LogP contribution in [0.2, 0.25) is 0 Å². The zero-order chi connectivity index (χ0) is 23.1. The van der Waals surface area contributed by atoms with Gasteiger partial charge < -0.3 is 28.8 Å². The maximum absolute atomic E-state index is 11.4. The third kappa shape index (κ3) is 5.15. The molecule has 0 fully saturated rings. The minimum Gasteiger partial charge on any atom is -0.497 e. The summed E-state index contributed by atoms with van der Waals surface area (Å²) < 4.78 is 27.0. The van der Waals surface area contributed by atoms with Crippen LogP contribution in [0.5, 0.6) is 28.7 Å². The number of aliphatic hydroxyl groups excluding tert-OH is 1. The number of benzene rings is 3. The van der Waals surface area contributed by atoms with Crippen LogP contribution < -0.4 is 23.7 Å². The van der Waals surface area contributed by atoms with Crippen molar-refractivity contribution in [1.82, 2.24) is 0 Å². The molecule has 0 saturated carbocycles. The monoisotopic (exact) mass is 436 g/mol. The fraction of sp³-hybridized carbons (Fsp3) is 0.231. The Balaban J connectivity index is 2.10. The lowest BCUT2D eigenvalue weighted by atomic mass is 9.94. The lowest BCUT2D eigenvalue weighted by molar-refractivity contribution is 0.213. The minimum absolute atomic E-state index is 0.507. The van der Waals surface area contributed by atoms with Gasteiger partial charge in [0.2, 0.25) is 0 Å². The maximum atomic E-state index is 11.4. The molecule has 0 spiro atoms. The smallest absolute Gasteiger partial charge is 0.129 e. The Hall–Kier alpha value is -3.64. The lowest BCUT2D eigenvalue weighted by Crippen LogP contribution is -2.06. The van der Waals surface area contributed by atoms with Crippen molar-refractivity contribution in [2.45, 2.75) is 6.10 Å². The Kier molecular flexibility index (Phi) is 7.63. The molecule has 1 atom stereocenters. The highest BCUT2D eigenvalue weighted by molar-refractivity contribution is 5.74. The van der Waals surface area contributed by atoms with Crippen molar-refractivity contribution >= 4 is 12.2 Å². The van der Waals surface area contributed by atoms with E-state index in [0.29, 0.717) is 34.1 Å². The highest BCUT2D eigenvalue weighted by atomic mass is 16.5. The van der Waals surface area contributed by atoms with Crippen molar-refractivity contribution in [1.29, 1.82) is 0 Å². The Morgan fingerprint density at radius 2 is 1.19 bits per heavy atom. The molecule has 3 aromatic rings. The maximum Gasteiger partial charge on any atom is 0.129 e. The molecule has 32 heavy (non-hydrogen) atoms. The van der Waals surface area contributed by atoms with E-state index in [2.05, 4.69) is 0 Å². The van der Waals surface area contributed by atoms with Crippen LogP contribution in [0.15, 0.2) is 54.6 Å². The van der Waals surface area contributed by atoms with Gasteiger partial charge in [-0.05, 0) is 47.0 Å². The Labute approximate surface area is 188 Å². The molecule has 0 aliphatic rings. The predicted octanol–water partition coefficient (Wildman–Crippen LogP) is 4.98. The number of hydrogen-bond donors (Lipinski definition) is 1. The summed E-state index contributed by atoms with van der Waals surface area (Å²) in [6.45, 7) is 0. The highest BCUT2D eigenvalue weighted by Crippen LogP contribution is 2.39. The van der Waals surface area contributed by atoms with Crippen LogP contribution in [-0.4, -0.2) is 40.7 Å². The number of rotatable bonds is 9. The van der Waals surface area contributed by atoms with E-state index in [-0.39, 0.29) is 0 Å². The standard InChI is InChI=1S/C26H28O6/c1-28-20-10-7-17(8-11-20)6-9-18-12-23(31-4)16-24(32-5)25(18)26(27)19-13-21(29-2)15-22(14-19)30-3/h6-16,26-27H,1-5H3. The van der Waals surface area contributed by atoms with Gasteiger partial charge in [-0.25, -0.2) is 0 Å². The summed E-state index contributed by atoms with van der Waals surface area (Å²) in [5, 5.41) is 11.4. The first-order valence-corrected chi connectivity index (χ1v) is 10.0. The molecule has 3 aromatic carbocycles. The summed E-state index contributed by atoms with van der Waals surface area (Å²) in [5.41, 5.74) is 2.96. The third-order valence-corrected chi connectivity index (χ3v) is 5.14. The molecule has 0 saturated heterocycles. The minimum atomic E-state index is -0.990. The zero-order valence-electron chi connectivity index (χ0n) is 18.9. The molecule has 0 radical (unpaired) electrons. The van der Waals surface area contributed by atoms with Crippen LogP contribution in [-0.2, 0) is 0 Å². The zero-order valence-corrected chi connectivity index (χ0v) is 18.9. The molecule has 6 nitrogen and oxygen atoms in total. The molecule has 0 bridgehead atoms. The summed E-state index contributed by atoms with van der Waals surface area (Å²) in [5.74, 6) is 3.08. The molecule has 1 unspecified atom stereocenters. The van der Waals surface area contributed by atoms with Gasteiger partial charge in [0.05, 0.1) is 35.5 Å². The van der Waals surface area contributed by atoms with Crippen molar-refractivity contribution < 1.29 is 28.8 Å². The van der Waals surface area contributed by atoms with E-state index in [0.717, 1.165) is 16.9 Å². The van der Waals surface area contributed by atoms with E-state index >= 15 is 0 Å². The number of methoxy groups -OCH3 is 5. The molecular weight excluding hydrogens is 408 g/mol. The third-order valence-electron chi connectivity index (χ3n) is 5.14. The van der Waals surface area contributed by atoms with Gasteiger partial charge in [-0.15, -0.1) is 0 Å². The molecule has 1 N–H and O–H groups in total. The topological polar surface area (TPSA) is 66.4 Å². The van der Waals surface area contributed by atoms with Crippen LogP contribution in [0.3, 0.4) is 0 Å².